The van der Waals surface area contributed by atoms with Crippen LogP contribution in [0.15, 0.2) is 24.3 Å². The molecule has 2 unspecified atom stereocenters. The number of nitrogens with one attached hydrogen (secondary N) is 1. The third kappa shape index (κ3) is 5.68. The molecular formula is C15H24FNO2. The van der Waals surface area contributed by atoms with Gasteiger partial charge in [-0.15, -0.1) is 0 Å². The molecule has 0 aliphatic carbocycles. The van der Waals surface area contributed by atoms with Gasteiger partial charge in [0.05, 0.1) is 12.7 Å². The fraction of sp³-hybridized carbons (Fsp3) is 0.600. The van der Waals surface area contributed by atoms with Crippen LogP contribution in [0.1, 0.15) is 24.8 Å². The summed E-state index contributed by atoms with van der Waals surface area (Å²) >= 11 is 0. The van der Waals surface area contributed by atoms with Crippen molar-refractivity contribution in [2.75, 3.05) is 33.9 Å². The Labute approximate surface area is 115 Å². The van der Waals surface area contributed by atoms with E-state index in [2.05, 4.69) is 5.32 Å². The van der Waals surface area contributed by atoms with Crippen molar-refractivity contribution in [3.05, 3.63) is 35.6 Å². The van der Waals surface area contributed by atoms with Gasteiger partial charge in [-0.2, -0.15) is 0 Å². The fourth-order valence-electron chi connectivity index (χ4n) is 2.07. The summed E-state index contributed by atoms with van der Waals surface area (Å²) in [7, 11) is 3.35. The van der Waals surface area contributed by atoms with Gasteiger partial charge in [0.15, 0.2) is 0 Å². The third-order valence-corrected chi connectivity index (χ3v) is 3.24. The van der Waals surface area contributed by atoms with Crippen molar-refractivity contribution in [2.24, 2.45) is 0 Å². The van der Waals surface area contributed by atoms with Gasteiger partial charge in [-0.3, -0.25) is 0 Å². The van der Waals surface area contributed by atoms with Crippen LogP contribution >= 0.6 is 0 Å². The molecule has 3 nitrogen and oxygen atoms in total. The van der Waals surface area contributed by atoms with Gasteiger partial charge in [0.1, 0.15) is 5.82 Å². The molecular weight excluding hydrogens is 245 g/mol. The van der Waals surface area contributed by atoms with Crippen LogP contribution in [0.3, 0.4) is 0 Å². The van der Waals surface area contributed by atoms with E-state index in [0.29, 0.717) is 6.61 Å². The second kappa shape index (κ2) is 9.02. The molecule has 1 aromatic rings. The van der Waals surface area contributed by atoms with Crippen molar-refractivity contribution >= 4 is 0 Å². The third-order valence-electron chi connectivity index (χ3n) is 3.24. The van der Waals surface area contributed by atoms with E-state index in [1.165, 1.54) is 6.07 Å². The maximum absolute atomic E-state index is 13.9. The quantitative estimate of drug-likeness (QED) is 0.699. The van der Waals surface area contributed by atoms with Gasteiger partial charge in [-0.1, -0.05) is 18.2 Å². The van der Waals surface area contributed by atoms with Crippen LogP contribution in [-0.2, 0) is 9.47 Å². The SMILES string of the molecule is COCCNCC(CC(C)OC)c1ccccc1F. The molecule has 0 aliphatic heterocycles. The van der Waals surface area contributed by atoms with E-state index in [1.807, 2.05) is 19.1 Å². The molecule has 1 aromatic carbocycles. The van der Waals surface area contributed by atoms with Crippen molar-refractivity contribution in [3.63, 3.8) is 0 Å². The first-order valence-electron chi connectivity index (χ1n) is 6.66. The van der Waals surface area contributed by atoms with E-state index in [-0.39, 0.29) is 17.8 Å². The van der Waals surface area contributed by atoms with E-state index < -0.39 is 0 Å². The summed E-state index contributed by atoms with van der Waals surface area (Å²) in [6.45, 7) is 4.15. The van der Waals surface area contributed by atoms with Crippen LogP contribution in [-0.4, -0.2) is 40.0 Å². The Morgan fingerprint density at radius 1 is 1.26 bits per heavy atom. The molecule has 0 aromatic heterocycles. The predicted molar refractivity (Wildman–Crippen MR) is 75.0 cm³/mol. The highest BCUT2D eigenvalue weighted by Gasteiger charge is 2.18. The van der Waals surface area contributed by atoms with Crippen molar-refractivity contribution < 1.29 is 13.9 Å². The summed E-state index contributed by atoms with van der Waals surface area (Å²) < 4.78 is 24.2. The van der Waals surface area contributed by atoms with E-state index in [4.69, 9.17) is 9.47 Å². The number of hydrogen-bond acceptors (Lipinski definition) is 3. The molecule has 4 heteroatoms. The van der Waals surface area contributed by atoms with Crippen molar-refractivity contribution in [1.29, 1.82) is 0 Å². The molecule has 0 bridgehead atoms. The predicted octanol–water partition coefficient (Wildman–Crippen LogP) is 2.57. The molecule has 1 N–H and O–H groups in total. The van der Waals surface area contributed by atoms with Gasteiger partial charge in [-0.05, 0) is 25.0 Å². The lowest BCUT2D eigenvalue weighted by Crippen LogP contribution is -2.27. The number of halogens is 1. The second-order valence-corrected chi connectivity index (χ2v) is 4.70. The van der Waals surface area contributed by atoms with Crippen molar-refractivity contribution in [1.82, 2.24) is 5.32 Å². The molecule has 0 aliphatic rings. The van der Waals surface area contributed by atoms with Crippen LogP contribution in [0.2, 0.25) is 0 Å². The molecule has 108 valence electrons. The Balaban J connectivity index is 2.66. The first kappa shape index (κ1) is 16.1. The standard InChI is InChI=1S/C15H24FNO2/c1-12(19-3)10-13(11-17-8-9-18-2)14-6-4-5-7-15(14)16/h4-7,12-13,17H,8-11H2,1-3H3. The summed E-state index contributed by atoms with van der Waals surface area (Å²) in [5, 5.41) is 3.29. The number of rotatable bonds is 9. The highest BCUT2D eigenvalue weighted by molar-refractivity contribution is 5.22. The van der Waals surface area contributed by atoms with Gasteiger partial charge in [0.25, 0.3) is 0 Å². The smallest absolute Gasteiger partial charge is 0.126 e. The number of methoxy groups -OCH3 is 2. The largest absolute Gasteiger partial charge is 0.383 e. The van der Waals surface area contributed by atoms with E-state index in [9.17, 15) is 4.39 Å². The summed E-state index contributed by atoms with van der Waals surface area (Å²) in [6, 6.07) is 6.95. The van der Waals surface area contributed by atoms with Crippen molar-refractivity contribution in [3.8, 4) is 0 Å². The highest BCUT2D eigenvalue weighted by atomic mass is 19.1. The lowest BCUT2D eigenvalue weighted by Gasteiger charge is -2.21. The summed E-state index contributed by atoms with van der Waals surface area (Å²) in [4.78, 5) is 0. The zero-order chi connectivity index (χ0) is 14.1. The lowest BCUT2D eigenvalue weighted by molar-refractivity contribution is 0.103. The van der Waals surface area contributed by atoms with Crippen LogP contribution < -0.4 is 5.32 Å². The topological polar surface area (TPSA) is 30.5 Å². The summed E-state index contributed by atoms with van der Waals surface area (Å²) in [6.07, 6.45) is 0.895. The minimum absolute atomic E-state index is 0.105. The van der Waals surface area contributed by atoms with Crippen LogP contribution in [0, 0.1) is 5.82 Å². The normalized spacial score (nSPS) is 14.3. The molecule has 1 rings (SSSR count). The van der Waals surface area contributed by atoms with Gasteiger partial charge in [0.2, 0.25) is 0 Å². The average molecular weight is 269 g/mol. The molecule has 0 amide bonds. The van der Waals surface area contributed by atoms with Gasteiger partial charge < -0.3 is 14.8 Å². The molecule has 0 fully saturated rings. The Kier molecular flexibility index (Phi) is 7.63. The minimum Gasteiger partial charge on any atom is -0.383 e. The fourth-order valence-corrected chi connectivity index (χ4v) is 2.07. The molecule has 2 atom stereocenters. The first-order valence-corrected chi connectivity index (χ1v) is 6.66. The van der Waals surface area contributed by atoms with Crippen LogP contribution in [0.25, 0.3) is 0 Å². The van der Waals surface area contributed by atoms with Crippen LogP contribution in [0.5, 0.6) is 0 Å². The highest BCUT2D eigenvalue weighted by Crippen LogP contribution is 2.24. The lowest BCUT2D eigenvalue weighted by atomic mass is 9.93. The summed E-state index contributed by atoms with van der Waals surface area (Å²) in [5.41, 5.74) is 0.747. The molecule has 0 radical (unpaired) electrons. The summed E-state index contributed by atoms with van der Waals surface area (Å²) in [5.74, 6) is -0.0441. The zero-order valence-electron chi connectivity index (χ0n) is 12.0. The van der Waals surface area contributed by atoms with Gasteiger partial charge in [-0.25, -0.2) is 4.39 Å². The first-order chi connectivity index (χ1) is 9.19. The maximum Gasteiger partial charge on any atom is 0.126 e. The maximum atomic E-state index is 13.9. The number of hydrogen-bond donors (Lipinski definition) is 1. The number of benzene rings is 1. The Bertz CT molecular complexity index is 360. The Hall–Kier alpha value is -0.970. The van der Waals surface area contributed by atoms with Gasteiger partial charge >= 0.3 is 0 Å². The average Bonchev–Trinajstić information content (AvgIpc) is 2.42. The van der Waals surface area contributed by atoms with E-state index >= 15 is 0 Å². The Morgan fingerprint density at radius 3 is 2.63 bits per heavy atom. The van der Waals surface area contributed by atoms with E-state index in [1.54, 1.807) is 20.3 Å². The van der Waals surface area contributed by atoms with E-state index in [0.717, 1.165) is 25.1 Å². The molecule has 0 spiro atoms. The van der Waals surface area contributed by atoms with Gasteiger partial charge in [0, 0.05) is 33.2 Å². The minimum atomic E-state index is -0.149. The zero-order valence-corrected chi connectivity index (χ0v) is 12.0. The molecule has 19 heavy (non-hydrogen) atoms. The Morgan fingerprint density at radius 2 is 2.00 bits per heavy atom. The molecule has 0 saturated carbocycles. The van der Waals surface area contributed by atoms with Crippen molar-refractivity contribution in [2.45, 2.75) is 25.4 Å². The van der Waals surface area contributed by atoms with Crippen LogP contribution in [0.4, 0.5) is 4.39 Å². The number of ether oxygens (including phenoxy) is 2. The second-order valence-electron chi connectivity index (χ2n) is 4.70. The monoisotopic (exact) mass is 269 g/mol. The molecule has 0 heterocycles. The molecule has 0 saturated heterocycles.